The summed E-state index contributed by atoms with van der Waals surface area (Å²) >= 11 is 0. The number of hydrogen-bond donors (Lipinski definition) is 3. The monoisotopic (exact) mass is 493 g/mol. The molecular weight excluding hydrogens is 462 g/mol. The number of rotatable bonds is 12. The van der Waals surface area contributed by atoms with Gasteiger partial charge in [-0.25, -0.2) is 0 Å². The van der Waals surface area contributed by atoms with Crippen molar-refractivity contribution < 1.29 is 14.3 Å². The quantitative estimate of drug-likeness (QED) is 0.222. The molecule has 0 saturated carbocycles. The van der Waals surface area contributed by atoms with Crippen molar-refractivity contribution in [2.45, 2.75) is 19.4 Å². The van der Waals surface area contributed by atoms with E-state index >= 15 is 0 Å². The maximum absolute atomic E-state index is 12.5. The molecule has 0 saturated heterocycles. The average Bonchev–Trinajstić information content (AvgIpc) is 2.95. The number of anilines is 2. The molecule has 0 aromatic heterocycles. The van der Waals surface area contributed by atoms with Crippen LogP contribution in [0.25, 0.3) is 0 Å². The van der Waals surface area contributed by atoms with Gasteiger partial charge in [-0.3, -0.25) is 9.59 Å². The molecule has 0 bridgehead atoms. The van der Waals surface area contributed by atoms with Gasteiger partial charge in [-0.1, -0.05) is 72.8 Å². The Hall–Kier alpha value is -4.58. The Kier molecular flexibility index (Phi) is 9.30. The van der Waals surface area contributed by atoms with Gasteiger partial charge in [-0.05, 0) is 60.4 Å². The van der Waals surface area contributed by atoms with Gasteiger partial charge >= 0.3 is 0 Å². The van der Waals surface area contributed by atoms with Crippen LogP contribution in [0.2, 0.25) is 0 Å². The highest BCUT2D eigenvalue weighted by molar-refractivity contribution is 5.96. The molecule has 4 aromatic rings. The number of nitrogens with one attached hydrogen (secondary N) is 3. The zero-order valence-corrected chi connectivity index (χ0v) is 20.7. The Labute approximate surface area is 217 Å². The molecule has 0 heterocycles. The average molecular weight is 494 g/mol. The highest BCUT2D eigenvalue weighted by Crippen LogP contribution is 2.24. The Balaban J connectivity index is 1.21. The zero-order chi connectivity index (χ0) is 25.7. The summed E-state index contributed by atoms with van der Waals surface area (Å²) in [5, 5.41) is 8.90. The van der Waals surface area contributed by atoms with E-state index in [9.17, 15) is 9.59 Å². The van der Waals surface area contributed by atoms with Crippen molar-refractivity contribution in [3.05, 3.63) is 126 Å². The Bertz CT molecular complexity index is 1280. The lowest BCUT2D eigenvalue weighted by Gasteiger charge is -2.13. The highest BCUT2D eigenvalue weighted by atomic mass is 16.5. The number of hydrogen-bond acceptors (Lipinski definition) is 4. The van der Waals surface area contributed by atoms with Crippen LogP contribution >= 0.6 is 0 Å². The van der Waals surface area contributed by atoms with E-state index in [2.05, 4.69) is 28.1 Å². The van der Waals surface area contributed by atoms with Crippen molar-refractivity contribution in [2.24, 2.45) is 0 Å². The molecule has 6 heteroatoms. The predicted molar refractivity (Wildman–Crippen MR) is 148 cm³/mol. The minimum Gasteiger partial charge on any atom is -0.491 e. The highest BCUT2D eigenvalue weighted by Gasteiger charge is 2.09. The number of para-hydroxylation sites is 2. The van der Waals surface area contributed by atoms with E-state index < -0.39 is 0 Å². The Morgan fingerprint density at radius 1 is 0.703 bits per heavy atom. The molecule has 188 valence electrons. The van der Waals surface area contributed by atoms with Crippen LogP contribution in [-0.4, -0.2) is 25.0 Å². The van der Waals surface area contributed by atoms with Crippen molar-refractivity contribution >= 4 is 23.2 Å². The van der Waals surface area contributed by atoms with Crippen molar-refractivity contribution in [3.8, 4) is 5.75 Å². The first-order valence-electron chi connectivity index (χ1n) is 12.4. The van der Waals surface area contributed by atoms with Gasteiger partial charge in [0.2, 0.25) is 5.91 Å². The molecule has 0 spiro atoms. The van der Waals surface area contributed by atoms with Gasteiger partial charge in [0.1, 0.15) is 5.75 Å². The number of ether oxygens (including phenoxy) is 1. The van der Waals surface area contributed by atoms with E-state index in [4.69, 9.17) is 4.74 Å². The Morgan fingerprint density at radius 3 is 2.08 bits per heavy atom. The second-order valence-corrected chi connectivity index (χ2v) is 8.58. The summed E-state index contributed by atoms with van der Waals surface area (Å²) in [7, 11) is 0. The van der Waals surface area contributed by atoms with E-state index in [0.717, 1.165) is 24.1 Å². The van der Waals surface area contributed by atoms with Crippen molar-refractivity contribution in [1.82, 2.24) is 5.32 Å². The number of carbonyl (C=O) groups is 2. The molecule has 4 aromatic carbocycles. The molecule has 37 heavy (non-hydrogen) atoms. The third kappa shape index (κ3) is 8.25. The minimum atomic E-state index is -0.194. The van der Waals surface area contributed by atoms with Crippen LogP contribution in [0.5, 0.6) is 5.75 Å². The SMILES string of the molecule is O=C(CNc1ccccc1OCCCc1ccccc1)Nc1ccc(C(=O)NCc2ccccc2)cc1. The molecule has 0 radical (unpaired) electrons. The predicted octanol–water partition coefficient (Wildman–Crippen LogP) is 5.68. The number of amides is 2. The summed E-state index contributed by atoms with van der Waals surface area (Å²) in [6, 6.07) is 34.5. The summed E-state index contributed by atoms with van der Waals surface area (Å²) in [5.41, 5.74) is 4.24. The molecule has 2 amide bonds. The maximum Gasteiger partial charge on any atom is 0.251 e. The molecule has 0 aliphatic carbocycles. The molecule has 0 atom stereocenters. The first-order chi connectivity index (χ1) is 18.2. The molecule has 0 unspecified atom stereocenters. The lowest BCUT2D eigenvalue weighted by atomic mass is 10.1. The lowest BCUT2D eigenvalue weighted by Crippen LogP contribution is -2.23. The van der Waals surface area contributed by atoms with Gasteiger partial charge < -0.3 is 20.7 Å². The van der Waals surface area contributed by atoms with E-state index in [-0.39, 0.29) is 18.4 Å². The van der Waals surface area contributed by atoms with Crippen molar-refractivity contribution in [3.63, 3.8) is 0 Å². The third-order valence-electron chi connectivity index (χ3n) is 5.76. The van der Waals surface area contributed by atoms with E-state index in [0.29, 0.717) is 30.2 Å². The van der Waals surface area contributed by atoms with Crippen LogP contribution in [0.1, 0.15) is 27.9 Å². The maximum atomic E-state index is 12.5. The molecular formula is C31H31N3O3. The minimum absolute atomic E-state index is 0.0870. The molecule has 4 rings (SSSR count). The summed E-state index contributed by atoms with van der Waals surface area (Å²) in [6.07, 6.45) is 1.85. The largest absolute Gasteiger partial charge is 0.491 e. The summed E-state index contributed by atoms with van der Waals surface area (Å²) in [4.78, 5) is 24.9. The van der Waals surface area contributed by atoms with Crippen LogP contribution < -0.4 is 20.7 Å². The topological polar surface area (TPSA) is 79.5 Å². The summed E-state index contributed by atoms with van der Waals surface area (Å²) < 4.78 is 5.96. The van der Waals surface area contributed by atoms with Crippen LogP contribution in [0, 0.1) is 0 Å². The molecule has 0 fully saturated rings. The first kappa shape index (κ1) is 25.5. The zero-order valence-electron chi connectivity index (χ0n) is 20.7. The number of aryl methyl sites for hydroxylation is 1. The Morgan fingerprint density at radius 2 is 1.35 bits per heavy atom. The molecule has 6 nitrogen and oxygen atoms in total. The van der Waals surface area contributed by atoms with E-state index in [1.807, 2.05) is 72.8 Å². The molecule has 0 aliphatic rings. The van der Waals surface area contributed by atoms with Gasteiger partial charge in [0, 0.05) is 17.8 Å². The fraction of sp³-hybridized carbons (Fsp3) is 0.161. The first-order valence-corrected chi connectivity index (χ1v) is 12.4. The van der Waals surface area contributed by atoms with Crippen LogP contribution in [0.15, 0.2) is 109 Å². The number of benzene rings is 4. The summed E-state index contributed by atoms with van der Waals surface area (Å²) in [5.74, 6) is 0.359. The standard InChI is InChI=1S/C31H31N3O3/c35-30(34-27-19-17-26(18-20-27)31(36)33-22-25-12-5-2-6-13-25)23-32-28-15-7-8-16-29(28)37-21-9-14-24-10-3-1-4-11-24/h1-8,10-13,15-20,32H,9,14,21-23H2,(H,33,36)(H,34,35). The second-order valence-electron chi connectivity index (χ2n) is 8.58. The third-order valence-corrected chi connectivity index (χ3v) is 5.76. The summed E-state index contributed by atoms with van der Waals surface area (Å²) in [6.45, 7) is 1.14. The normalized spacial score (nSPS) is 10.4. The van der Waals surface area contributed by atoms with Gasteiger partial charge in [0.05, 0.1) is 18.8 Å². The van der Waals surface area contributed by atoms with Gasteiger partial charge in [-0.15, -0.1) is 0 Å². The van der Waals surface area contributed by atoms with Crippen LogP contribution in [-0.2, 0) is 17.8 Å². The fourth-order valence-electron chi connectivity index (χ4n) is 3.81. The van der Waals surface area contributed by atoms with Crippen LogP contribution in [0.3, 0.4) is 0 Å². The van der Waals surface area contributed by atoms with E-state index in [1.165, 1.54) is 5.56 Å². The molecule has 0 aliphatic heterocycles. The molecule has 3 N–H and O–H groups in total. The number of carbonyl (C=O) groups excluding carboxylic acids is 2. The van der Waals surface area contributed by atoms with Gasteiger partial charge in [0.25, 0.3) is 5.91 Å². The van der Waals surface area contributed by atoms with Gasteiger partial charge in [0.15, 0.2) is 0 Å². The lowest BCUT2D eigenvalue weighted by molar-refractivity contribution is -0.114. The van der Waals surface area contributed by atoms with E-state index in [1.54, 1.807) is 24.3 Å². The smallest absolute Gasteiger partial charge is 0.251 e. The van der Waals surface area contributed by atoms with Crippen molar-refractivity contribution in [2.75, 3.05) is 23.8 Å². The fourth-order valence-corrected chi connectivity index (χ4v) is 3.81. The van der Waals surface area contributed by atoms with Crippen molar-refractivity contribution in [1.29, 1.82) is 0 Å². The van der Waals surface area contributed by atoms with Gasteiger partial charge in [-0.2, -0.15) is 0 Å². The van der Waals surface area contributed by atoms with Crippen LogP contribution in [0.4, 0.5) is 11.4 Å². The second kappa shape index (κ2) is 13.5.